The Balaban J connectivity index is 1.42. The van der Waals surface area contributed by atoms with E-state index in [0.29, 0.717) is 33.5 Å². The Morgan fingerprint density at radius 3 is 1.23 bits per heavy atom. The molecule has 6 aromatic carbocycles. The molecule has 0 saturated carbocycles. The lowest BCUT2D eigenvalue weighted by atomic mass is 9.85. The first-order chi connectivity index (χ1) is 23.0. The van der Waals surface area contributed by atoms with Crippen molar-refractivity contribution in [1.82, 2.24) is 4.40 Å². The fourth-order valence-corrected chi connectivity index (χ4v) is 8.06. The van der Waals surface area contributed by atoms with Crippen molar-refractivity contribution >= 4 is 70.0 Å². The van der Waals surface area contributed by atoms with Crippen LogP contribution in [0.4, 0.5) is 0 Å². The van der Waals surface area contributed by atoms with Crippen LogP contribution in [0.1, 0.15) is 37.5 Å². The topological polar surface area (TPSA) is 38.5 Å². The van der Waals surface area contributed by atoms with Gasteiger partial charge in [-0.25, -0.2) is 0 Å². The second-order valence-corrected chi connectivity index (χ2v) is 15.8. The second kappa shape index (κ2) is 10.5. The third-order valence-electron chi connectivity index (χ3n) is 9.96. The molecule has 1 aliphatic rings. The summed E-state index contributed by atoms with van der Waals surface area (Å²) in [6, 6.07) is 37.4. The number of hydrogen-bond acceptors (Lipinski definition) is 2. The molecule has 0 amide bonds. The normalized spacial score (nSPS) is 12.8. The zero-order valence-corrected chi connectivity index (χ0v) is 29.8. The summed E-state index contributed by atoms with van der Waals surface area (Å²) in [7, 11) is 0. The molecule has 3 heterocycles. The van der Waals surface area contributed by atoms with Gasteiger partial charge in [0.15, 0.2) is 10.9 Å². The van der Waals surface area contributed by atoms with Crippen molar-refractivity contribution in [2.24, 2.45) is 0 Å². The monoisotopic (exact) mass is 749 g/mol. The summed E-state index contributed by atoms with van der Waals surface area (Å²) in [6.07, 6.45) is 0.627. The Morgan fingerprint density at radius 1 is 0.479 bits per heavy atom. The average molecular weight is 752 g/mol. The quantitative estimate of drug-likeness (QED) is 0.133. The molecule has 0 aliphatic carbocycles. The highest BCUT2D eigenvalue weighted by Crippen LogP contribution is 2.40. The zero-order valence-electron chi connectivity index (χ0n) is 26.6. The highest BCUT2D eigenvalue weighted by molar-refractivity contribution is 9.10. The first kappa shape index (κ1) is 29.6. The molecule has 0 fully saturated rings. The minimum atomic E-state index is -0.0491. The molecule has 0 unspecified atom stereocenters. The lowest BCUT2D eigenvalue weighted by molar-refractivity contribution is 0.590. The van der Waals surface area contributed by atoms with E-state index in [1.807, 2.05) is 54.6 Å². The van der Waals surface area contributed by atoms with Crippen LogP contribution >= 0.6 is 31.9 Å². The van der Waals surface area contributed by atoms with E-state index in [-0.39, 0.29) is 16.3 Å². The average Bonchev–Trinajstić information content (AvgIpc) is 3.08. The molecular formula is C43H29Br2NO2. The van der Waals surface area contributed by atoms with Gasteiger partial charge in [0.05, 0.1) is 16.6 Å². The molecule has 9 rings (SSSR count). The van der Waals surface area contributed by atoms with Crippen LogP contribution < -0.4 is 10.9 Å². The summed E-state index contributed by atoms with van der Waals surface area (Å²) < 4.78 is 4.19. The Kier molecular flexibility index (Phi) is 6.44. The molecule has 0 bridgehead atoms. The fourth-order valence-electron chi connectivity index (χ4n) is 7.53. The number of pyridine rings is 2. The van der Waals surface area contributed by atoms with E-state index in [1.165, 1.54) is 5.56 Å². The van der Waals surface area contributed by atoms with Crippen LogP contribution in [0.3, 0.4) is 0 Å². The Hall–Kier alpha value is -4.58. The highest BCUT2D eigenvalue weighted by Gasteiger charge is 2.26. The fraction of sp³-hybridized carbons (Fsp3) is 0.116. The number of rotatable bonds is 3. The summed E-state index contributed by atoms with van der Waals surface area (Å²) >= 11 is 7.11. The van der Waals surface area contributed by atoms with Gasteiger partial charge in [-0.1, -0.05) is 101 Å². The zero-order chi connectivity index (χ0) is 33.1. The lowest BCUT2D eigenvalue weighted by Crippen LogP contribution is -2.19. The van der Waals surface area contributed by atoms with E-state index < -0.39 is 0 Å². The summed E-state index contributed by atoms with van der Waals surface area (Å²) in [5.74, 6) is 0. The van der Waals surface area contributed by atoms with E-state index in [0.717, 1.165) is 64.5 Å². The van der Waals surface area contributed by atoms with Gasteiger partial charge in [0.25, 0.3) is 0 Å². The van der Waals surface area contributed by atoms with Gasteiger partial charge in [-0.05, 0) is 116 Å². The van der Waals surface area contributed by atoms with Gasteiger partial charge in [0, 0.05) is 36.9 Å². The number of halogens is 2. The minimum Gasteiger partial charge on any atom is -0.307 e. The molecule has 8 aromatic rings. The van der Waals surface area contributed by atoms with Crippen LogP contribution in [-0.4, -0.2) is 4.40 Å². The lowest BCUT2D eigenvalue weighted by Gasteiger charge is -2.25. The molecule has 0 saturated heterocycles. The number of hydrogen-bond donors (Lipinski definition) is 0. The molecule has 0 radical (unpaired) electrons. The van der Waals surface area contributed by atoms with E-state index in [9.17, 15) is 9.59 Å². The first-order valence-electron chi connectivity index (χ1n) is 16.1. The molecule has 5 heteroatoms. The van der Waals surface area contributed by atoms with Crippen molar-refractivity contribution in [2.75, 3.05) is 0 Å². The van der Waals surface area contributed by atoms with Crippen LogP contribution in [0, 0.1) is 0 Å². The van der Waals surface area contributed by atoms with Gasteiger partial charge in [0.1, 0.15) is 0 Å². The highest BCUT2D eigenvalue weighted by atomic mass is 79.9. The van der Waals surface area contributed by atoms with Crippen molar-refractivity contribution in [3.63, 3.8) is 0 Å². The van der Waals surface area contributed by atoms with Gasteiger partial charge < -0.3 is 4.40 Å². The predicted molar refractivity (Wildman–Crippen MR) is 207 cm³/mol. The molecule has 48 heavy (non-hydrogen) atoms. The smallest absolute Gasteiger partial charge is 0.197 e. The SMILES string of the molecule is CC(C)(C)c1ccc(-c2cc3c4c(c2)c(=O)c2cc(-c5ccc(Br)cc5)cc5c(=O)c6cc(-c7ccc(Br)cc7)cc(c6n4c52)C3)cc1. The van der Waals surface area contributed by atoms with Crippen LogP contribution in [0.25, 0.3) is 71.5 Å². The Morgan fingerprint density at radius 2 is 0.833 bits per heavy atom. The summed E-state index contributed by atoms with van der Waals surface area (Å²) in [6.45, 7) is 6.65. The molecule has 1 aliphatic heterocycles. The van der Waals surface area contributed by atoms with Crippen molar-refractivity contribution < 1.29 is 0 Å². The molecule has 3 nitrogen and oxygen atoms in total. The maximum absolute atomic E-state index is 14.7. The van der Waals surface area contributed by atoms with Gasteiger partial charge in [-0.3, -0.25) is 9.59 Å². The molecule has 0 atom stereocenters. The second-order valence-electron chi connectivity index (χ2n) is 14.0. The van der Waals surface area contributed by atoms with E-state index in [4.69, 9.17) is 0 Å². The third kappa shape index (κ3) is 4.44. The first-order valence-corrected chi connectivity index (χ1v) is 17.7. The summed E-state index contributed by atoms with van der Waals surface area (Å²) in [5.41, 5.74) is 11.8. The predicted octanol–water partition coefficient (Wildman–Crippen LogP) is 11.3. The standard InChI is InChI=1S/C43H29Br2NO2/c1-43(2,3)31-10-4-23(5-11-31)26-16-29-18-30-17-27(24-6-12-32(44)13-7-24)20-35-39(30)46-38(29)34(19-26)41(47)36-21-28(22-37(40(36)46)42(35)48)25-8-14-33(45)15-9-25/h4-17,19-22H,18H2,1-3H3. The van der Waals surface area contributed by atoms with E-state index >= 15 is 0 Å². The number of nitrogens with zero attached hydrogens (tertiary/aromatic N) is 1. The van der Waals surface area contributed by atoms with Gasteiger partial charge in [-0.15, -0.1) is 0 Å². The molecule has 2 aromatic heterocycles. The molecule has 0 spiro atoms. The van der Waals surface area contributed by atoms with E-state index in [2.05, 4.69) is 112 Å². The van der Waals surface area contributed by atoms with Crippen LogP contribution in [0.15, 0.2) is 128 Å². The summed E-state index contributed by atoms with van der Waals surface area (Å²) in [4.78, 5) is 29.3. The maximum Gasteiger partial charge on any atom is 0.197 e. The van der Waals surface area contributed by atoms with E-state index in [1.54, 1.807) is 0 Å². The van der Waals surface area contributed by atoms with Crippen molar-refractivity contribution in [1.29, 1.82) is 0 Å². The molecular weight excluding hydrogens is 722 g/mol. The maximum atomic E-state index is 14.7. The third-order valence-corrected chi connectivity index (χ3v) is 11.0. The van der Waals surface area contributed by atoms with Gasteiger partial charge in [0.2, 0.25) is 0 Å². The number of benzene rings is 6. The largest absolute Gasteiger partial charge is 0.307 e. The molecule has 232 valence electrons. The molecule has 0 N–H and O–H groups in total. The Bertz CT molecular complexity index is 2760. The minimum absolute atomic E-state index is 0.0444. The van der Waals surface area contributed by atoms with Crippen LogP contribution in [-0.2, 0) is 11.8 Å². The van der Waals surface area contributed by atoms with Gasteiger partial charge in [-0.2, -0.15) is 0 Å². The van der Waals surface area contributed by atoms with Crippen molar-refractivity contribution in [3.8, 4) is 33.4 Å². The number of aromatic nitrogens is 1. The summed E-state index contributed by atoms with van der Waals surface area (Å²) in [5, 5.41) is 2.47. The Labute approximate surface area is 294 Å². The van der Waals surface area contributed by atoms with Crippen LogP contribution in [0.5, 0.6) is 0 Å². The van der Waals surface area contributed by atoms with Gasteiger partial charge >= 0.3 is 0 Å². The van der Waals surface area contributed by atoms with Crippen molar-refractivity contribution in [2.45, 2.75) is 32.6 Å². The van der Waals surface area contributed by atoms with Crippen LogP contribution in [0.2, 0.25) is 0 Å². The van der Waals surface area contributed by atoms with Crippen molar-refractivity contribution in [3.05, 3.63) is 155 Å².